The van der Waals surface area contributed by atoms with Crippen molar-refractivity contribution in [2.75, 3.05) is 7.11 Å². The van der Waals surface area contributed by atoms with E-state index in [0.29, 0.717) is 0 Å². The maximum atomic E-state index is 6.16. The van der Waals surface area contributed by atoms with Gasteiger partial charge in [0.25, 0.3) is 0 Å². The third kappa shape index (κ3) is 2.60. The second-order valence-electron chi connectivity index (χ2n) is 4.28. The average molecular weight is 205 g/mol. The summed E-state index contributed by atoms with van der Waals surface area (Å²) in [5, 5.41) is 0. The highest BCUT2D eigenvalue weighted by atomic mass is 16.5. The van der Waals surface area contributed by atoms with Crippen molar-refractivity contribution >= 4 is 0 Å². The summed E-state index contributed by atoms with van der Waals surface area (Å²) >= 11 is 0. The Morgan fingerprint density at radius 3 is 2.27 bits per heavy atom. The van der Waals surface area contributed by atoms with Crippen LogP contribution in [0.4, 0.5) is 0 Å². The van der Waals surface area contributed by atoms with Crippen LogP contribution in [-0.2, 0) is 0 Å². The van der Waals surface area contributed by atoms with Gasteiger partial charge >= 0.3 is 0 Å². The van der Waals surface area contributed by atoms with Crippen LogP contribution in [0.15, 0.2) is 36.9 Å². The van der Waals surface area contributed by atoms with Gasteiger partial charge in [0.2, 0.25) is 0 Å². The van der Waals surface area contributed by atoms with Crippen LogP contribution in [0.25, 0.3) is 0 Å². The van der Waals surface area contributed by atoms with E-state index in [1.807, 2.05) is 30.3 Å². The molecule has 1 aromatic rings. The molecule has 0 radical (unpaired) electrons. The molecule has 1 aromatic carbocycles. The van der Waals surface area contributed by atoms with Crippen molar-refractivity contribution in [2.45, 2.75) is 19.9 Å². The summed E-state index contributed by atoms with van der Waals surface area (Å²) in [4.78, 5) is 0. The minimum atomic E-state index is -0.103. The molecule has 0 fully saturated rings. The van der Waals surface area contributed by atoms with Gasteiger partial charge in [-0.15, -0.1) is 6.58 Å². The molecule has 0 amide bonds. The molecular formula is C13H19NO. The molecule has 0 saturated carbocycles. The molecule has 2 heteroatoms. The molecular weight excluding hydrogens is 186 g/mol. The van der Waals surface area contributed by atoms with Crippen LogP contribution in [0, 0.1) is 5.41 Å². The number of ether oxygens (including phenoxy) is 1. The minimum absolute atomic E-state index is 0.0408. The van der Waals surface area contributed by atoms with E-state index in [4.69, 9.17) is 10.5 Å². The lowest BCUT2D eigenvalue weighted by Gasteiger charge is -2.28. The molecule has 15 heavy (non-hydrogen) atoms. The Balaban J connectivity index is 2.92. The van der Waals surface area contributed by atoms with Gasteiger partial charge in [0, 0.05) is 11.5 Å². The number of benzene rings is 1. The van der Waals surface area contributed by atoms with Crippen LogP contribution in [-0.4, -0.2) is 7.11 Å². The highest BCUT2D eigenvalue weighted by Crippen LogP contribution is 2.32. The van der Waals surface area contributed by atoms with Gasteiger partial charge in [-0.3, -0.25) is 0 Å². The van der Waals surface area contributed by atoms with Crippen molar-refractivity contribution in [3.8, 4) is 5.75 Å². The first-order valence-electron chi connectivity index (χ1n) is 5.04. The molecule has 0 spiro atoms. The van der Waals surface area contributed by atoms with Crippen LogP contribution >= 0.6 is 0 Å². The van der Waals surface area contributed by atoms with Gasteiger partial charge in [-0.2, -0.15) is 0 Å². The predicted octanol–water partition coefficient (Wildman–Crippen LogP) is 2.91. The average Bonchev–Trinajstić information content (AvgIpc) is 2.28. The van der Waals surface area contributed by atoms with Crippen molar-refractivity contribution < 1.29 is 4.74 Å². The zero-order valence-electron chi connectivity index (χ0n) is 9.66. The van der Waals surface area contributed by atoms with Crippen LogP contribution in [0.3, 0.4) is 0 Å². The Morgan fingerprint density at radius 1 is 1.33 bits per heavy atom. The summed E-state index contributed by atoms with van der Waals surface area (Å²) in [6, 6.07) is 7.80. The summed E-state index contributed by atoms with van der Waals surface area (Å²) in [6.45, 7) is 7.96. The summed E-state index contributed by atoms with van der Waals surface area (Å²) < 4.78 is 5.10. The number of nitrogens with two attached hydrogens (primary N) is 1. The van der Waals surface area contributed by atoms with Gasteiger partial charge in [0.1, 0.15) is 5.75 Å². The highest BCUT2D eigenvalue weighted by molar-refractivity contribution is 5.30. The molecule has 0 heterocycles. The van der Waals surface area contributed by atoms with Crippen molar-refractivity contribution in [1.82, 2.24) is 0 Å². The van der Waals surface area contributed by atoms with Crippen molar-refractivity contribution in [2.24, 2.45) is 11.1 Å². The molecule has 2 N–H and O–H groups in total. The lowest BCUT2D eigenvalue weighted by Crippen LogP contribution is -2.27. The molecule has 1 rings (SSSR count). The number of hydrogen-bond acceptors (Lipinski definition) is 2. The molecule has 0 aromatic heterocycles. The predicted molar refractivity (Wildman–Crippen MR) is 63.9 cm³/mol. The summed E-state index contributed by atoms with van der Waals surface area (Å²) in [5.74, 6) is 0.849. The fourth-order valence-corrected chi connectivity index (χ4v) is 1.37. The highest BCUT2D eigenvalue weighted by Gasteiger charge is 2.23. The Labute approximate surface area is 91.7 Å². The van der Waals surface area contributed by atoms with E-state index in [-0.39, 0.29) is 11.5 Å². The molecule has 0 aliphatic rings. The normalized spacial score (nSPS) is 13.3. The van der Waals surface area contributed by atoms with Gasteiger partial charge in [0.15, 0.2) is 0 Å². The first-order valence-corrected chi connectivity index (χ1v) is 5.04. The van der Waals surface area contributed by atoms with Gasteiger partial charge in [0.05, 0.1) is 7.11 Å². The smallest absolute Gasteiger partial charge is 0.118 e. The zero-order chi connectivity index (χ0) is 11.5. The fourth-order valence-electron chi connectivity index (χ4n) is 1.37. The van der Waals surface area contributed by atoms with E-state index in [9.17, 15) is 0 Å². The van der Waals surface area contributed by atoms with Gasteiger partial charge in [-0.1, -0.05) is 32.1 Å². The second kappa shape index (κ2) is 4.49. The van der Waals surface area contributed by atoms with E-state index in [2.05, 4.69) is 20.4 Å². The molecule has 2 nitrogen and oxygen atoms in total. The van der Waals surface area contributed by atoms with Crippen LogP contribution < -0.4 is 10.5 Å². The molecule has 82 valence electrons. The minimum Gasteiger partial charge on any atom is -0.497 e. The molecule has 0 aliphatic carbocycles. The van der Waals surface area contributed by atoms with E-state index >= 15 is 0 Å². The lowest BCUT2D eigenvalue weighted by molar-refractivity contribution is 0.380. The topological polar surface area (TPSA) is 35.2 Å². The van der Waals surface area contributed by atoms with Crippen LogP contribution in [0.2, 0.25) is 0 Å². The summed E-state index contributed by atoms with van der Waals surface area (Å²) in [6.07, 6.45) is 1.89. The van der Waals surface area contributed by atoms with Gasteiger partial charge in [-0.25, -0.2) is 0 Å². The van der Waals surface area contributed by atoms with E-state index in [1.165, 1.54) is 0 Å². The van der Waals surface area contributed by atoms with E-state index < -0.39 is 0 Å². The third-order valence-corrected chi connectivity index (χ3v) is 2.80. The van der Waals surface area contributed by atoms with Crippen molar-refractivity contribution in [1.29, 1.82) is 0 Å². The SMILES string of the molecule is C=CC(C)(C)[C@H](N)c1ccc(OC)cc1. The monoisotopic (exact) mass is 205 g/mol. The molecule has 0 aliphatic heterocycles. The van der Waals surface area contributed by atoms with Gasteiger partial charge < -0.3 is 10.5 Å². The zero-order valence-corrected chi connectivity index (χ0v) is 9.66. The van der Waals surface area contributed by atoms with E-state index in [1.54, 1.807) is 7.11 Å². The third-order valence-electron chi connectivity index (χ3n) is 2.80. The molecule has 1 atom stereocenters. The van der Waals surface area contributed by atoms with E-state index in [0.717, 1.165) is 11.3 Å². The first kappa shape index (κ1) is 11.8. The van der Waals surface area contributed by atoms with Crippen molar-refractivity contribution in [3.63, 3.8) is 0 Å². The maximum Gasteiger partial charge on any atom is 0.118 e. The Bertz CT molecular complexity index is 327. The quantitative estimate of drug-likeness (QED) is 0.767. The molecule has 0 bridgehead atoms. The van der Waals surface area contributed by atoms with Crippen LogP contribution in [0.1, 0.15) is 25.5 Å². The molecule has 0 saturated heterocycles. The number of methoxy groups -OCH3 is 1. The van der Waals surface area contributed by atoms with Crippen LogP contribution in [0.5, 0.6) is 5.75 Å². The number of rotatable bonds is 4. The molecule has 0 unspecified atom stereocenters. The largest absolute Gasteiger partial charge is 0.497 e. The Morgan fingerprint density at radius 2 is 1.87 bits per heavy atom. The van der Waals surface area contributed by atoms with Crippen molar-refractivity contribution in [3.05, 3.63) is 42.5 Å². The standard InChI is InChI=1S/C13H19NO/c1-5-13(2,3)12(14)10-6-8-11(15-4)9-7-10/h5-9,12H,1,14H2,2-4H3/t12-/m1/s1. The summed E-state index contributed by atoms with van der Waals surface area (Å²) in [7, 11) is 1.66. The Kier molecular flexibility index (Phi) is 3.53. The Hall–Kier alpha value is -1.28. The van der Waals surface area contributed by atoms with Gasteiger partial charge in [-0.05, 0) is 17.7 Å². The first-order chi connectivity index (χ1) is 7.01. The lowest BCUT2D eigenvalue weighted by atomic mass is 9.81. The summed E-state index contributed by atoms with van der Waals surface area (Å²) in [5.41, 5.74) is 7.16. The fraction of sp³-hybridized carbons (Fsp3) is 0.385. The maximum absolute atomic E-state index is 6.16. The second-order valence-corrected chi connectivity index (χ2v) is 4.28. The number of hydrogen-bond donors (Lipinski definition) is 1.